The van der Waals surface area contributed by atoms with Crippen LogP contribution in [0, 0.1) is 12.7 Å². The summed E-state index contributed by atoms with van der Waals surface area (Å²) in [6.45, 7) is 3.89. The van der Waals surface area contributed by atoms with E-state index < -0.39 is 5.54 Å². The van der Waals surface area contributed by atoms with E-state index in [9.17, 15) is 9.50 Å². The maximum Gasteiger partial charge on any atom is 0.123 e. The third kappa shape index (κ3) is 2.99. The van der Waals surface area contributed by atoms with Crippen molar-refractivity contribution in [1.29, 1.82) is 0 Å². The molecular formula is C17H20FNO. The van der Waals surface area contributed by atoms with Gasteiger partial charge < -0.3 is 10.4 Å². The smallest absolute Gasteiger partial charge is 0.123 e. The van der Waals surface area contributed by atoms with Crippen molar-refractivity contribution >= 4 is 5.69 Å². The molecule has 0 heterocycles. The molecule has 0 spiro atoms. The second-order valence-corrected chi connectivity index (χ2v) is 5.10. The van der Waals surface area contributed by atoms with Gasteiger partial charge in [0.25, 0.3) is 0 Å². The molecule has 2 rings (SSSR count). The molecule has 0 fully saturated rings. The van der Waals surface area contributed by atoms with Crippen LogP contribution in [0.4, 0.5) is 10.1 Å². The maximum absolute atomic E-state index is 13.5. The van der Waals surface area contributed by atoms with Gasteiger partial charge in [0, 0.05) is 5.69 Å². The number of hydrogen-bond acceptors (Lipinski definition) is 2. The van der Waals surface area contributed by atoms with Crippen LogP contribution < -0.4 is 5.32 Å². The zero-order valence-corrected chi connectivity index (χ0v) is 11.9. The van der Waals surface area contributed by atoms with Crippen molar-refractivity contribution in [1.82, 2.24) is 0 Å². The van der Waals surface area contributed by atoms with Crippen LogP contribution >= 0.6 is 0 Å². The van der Waals surface area contributed by atoms with Crippen LogP contribution in [-0.2, 0) is 5.54 Å². The molecule has 0 saturated carbocycles. The standard InChI is InChI=1S/C17H20FNO/c1-3-17(12-20,14-7-5-8-15(18)11-14)19-16-9-4-6-13(2)10-16/h4-11,19-20H,3,12H2,1-2H3. The molecule has 20 heavy (non-hydrogen) atoms. The molecule has 2 aromatic rings. The highest BCUT2D eigenvalue weighted by atomic mass is 19.1. The molecule has 0 saturated heterocycles. The van der Waals surface area contributed by atoms with Gasteiger partial charge in [-0.05, 0) is 48.7 Å². The Morgan fingerprint density at radius 3 is 2.50 bits per heavy atom. The lowest BCUT2D eigenvalue weighted by atomic mass is 9.87. The topological polar surface area (TPSA) is 32.3 Å². The number of aliphatic hydroxyl groups is 1. The molecular weight excluding hydrogens is 253 g/mol. The summed E-state index contributed by atoms with van der Waals surface area (Å²) in [5.41, 5.74) is 2.14. The summed E-state index contributed by atoms with van der Waals surface area (Å²) in [5, 5.41) is 13.2. The fourth-order valence-corrected chi connectivity index (χ4v) is 2.39. The van der Waals surface area contributed by atoms with Gasteiger partial charge in [0.05, 0.1) is 12.1 Å². The monoisotopic (exact) mass is 273 g/mol. The Bertz CT molecular complexity index is 579. The Hall–Kier alpha value is -1.87. The highest BCUT2D eigenvalue weighted by molar-refractivity contribution is 5.50. The molecule has 0 aliphatic rings. The lowest BCUT2D eigenvalue weighted by Crippen LogP contribution is -2.38. The minimum Gasteiger partial charge on any atom is -0.394 e. The van der Waals surface area contributed by atoms with Crippen LogP contribution in [0.15, 0.2) is 48.5 Å². The van der Waals surface area contributed by atoms with Gasteiger partial charge in [0.2, 0.25) is 0 Å². The normalized spacial score (nSPS) is 13.8. The number of benzene rings is 2. The minimum absolute atomic E-state index is 0.0963. The van der Waals surface area contributed by atoms with Crippen molar-refractivity contribution < 1.29 is 9.50 Å². The molecule has 106 valence electrons. The van der Waals surface area contributed by atoms with E-state index in [2.05, 4.69) is 5.32 Å². The number of halogens is 1. The van der Waals surface area contributed by atoms with Crippen LogP contribution in [0.25, 0.3) is 0 Å². The van der Waals surface area contributed by atoms with Crippen LogP contribution in [0.5, 0.6) is 0 Å². The average Bonchev–Trinajstić information content (AvgIpc) is 2.45. The second kappa shape index (κ2) is 6.06. The van der Waals surface area contributed by atoms with E-state index >= 15 is 0 Å². The van der Waals surface area contributed by atoms with Gasteiger partial charge in [-0.3, -0.25) is 0 Å². The molecule has 2 aromatic carbocycles. The van der Waals surface area contributed by atoms with E-state index in [4.69, 9.17) is 0 Å². The van der Waals surface area contributed by atoms with E-state index in [0.717, 1.165) is 16.8 Å². The molecule has 0 radical (unpaired) electrons. The van der Waals surface area contributed by atoms with Gasteiger partial charge in [0.1, 0.15) is 5.82 Å². The first-order valence-corrected chi connectivity index (χ1v) is 6.81. The first-order valence-electron chi connectivity index (χ1n) is 6.81. The number of rotatable bonds is 5. The Labute approximate surface area is 119 Å². The number of aliphatic hydroxyl groups excluding tert-OH is 1. The maximum atomic E-state index is 13.5. The Balaban J connectivity index is 2.39. The fraction of sp³-hybridized carbons (Fsp3) is 0.294. The van der Waals surface area contributed by atoms with Crippen LogP contribution in [0.1, 0.15) is 24.5 Å². The summed E-state index contributed by atoms with van der Waals surface area (Å²) in [5.74, 6) is -0.292. The van der Waals surface area contributed by atoms with Crippen LogP contribution in [-0.4, -0.2) is 11.7 Å². The van der Waals surface area contributed by atoms with Crippen molar-refractivity contribution in [3.8, 4) is 0 Å². The molecule has 2 nitrogen and oxygen atoms in total. The van der Waals surface area contributed by atoms with Gasteiger partial charge in [-0.15, -0.1) is 0 Å². The number of aryl methyl sites for hydroxylation is 1. The fourth-order valence-electron chi connectivity index (χ4n) is 2.39. The van der Waals surface area contributed by atoms with Crippen molar-refractivity contribution in [3.63, 3.8) is 0 Å². The van der Waals surface area contributed by atoms with Gasteiger partial charge in [0.15, 0.2) is 0 Å². The lowest BCUT2D eigenvalue weighted by molar-refractivity contribution is 0.207. The molecule has 1 unspecified atom stereocenters. The van der Waals surface area contributed by atoms with Crippen LogP contribution in [0.2, 0.25) is 0 Å². The summed E-state index contributed by atoms with van der Waals surface area (Å²) in [6, 6.07) is 14.3. The second-order valence-electron chi connectivity index (χ2n) is 5.10. The van der Waals surface area contributed by atoms with Crippen molar-refractivity contribution in [2.45, 2.75) is 25.8 Å². The molecule has 0 bridgehead atoms. The Morgan fingerprint density at radius 2 is 1.90 bits per heavy atom. The predicted octanol–water partition coefficient (Wildman–Crippen LogP) is 3.84. The van der Waals surface area contributed by atoms with Crippen LogP contribution in [0.3, 0.4) is 0 Å². The molecule has 0 amide bonds. The molecule has 2 N–H and O–H groups in total. The quantitative estimate of drug-likeness (QED) is 0.867. The van der Waals surface area contributed by atoms with Crippen molar-refractivity contribution in [3.05, 3.63) is 65.5 Å². The Kier molecular flexibility index (Phi) is 4.40. The summed E-state index contributed by atoms with van der Waals surface area (Å²) in [6.07, 6.45) is 0.654. The van der Waals surface area contributed by atoms with E-state index in [1.807, 2.05) is 44.2 Å². The first kappa shape index (κ1) is 14.5. The molecule has 3 heteroatoms. The van der Waals surface area contributed by atoms with E-state index in [1.54, 1.807) is 6.07 Å². The molecule has 0 aromatic heterocycles. The highest BCUT2D eigenvalue weighted by Crippen LogP contribution is 2.30. The molecule has 0 aliphatic carbocycles. The molecule has 0 aliphatic heterocycles. The van der Waals surface area contributed by atoms with E-state index in [0.29, 0.717) is 6.42 Å². The number of hydrogen-bond donors (Lipinski definition) is 2. The third-order valence-corrected chi connectivity index (χ3v) is 3.65. The average molecular weight is 273 g/mol. The highest BCUT2D eigenvalue weighted by Gasteiger charge is 2.29. The van der Waals surface area contributed by atoms with Crippen molar-refractivity contribution in [2.75, 3.05) is 11.9 Å². The zero-order valence-electron chi connectivity index (χ0n) is 11.9. The summed E-state index contributed by atoms with van der Waals surface area (Å²) in [7, 11) is 0. The molecule has 1 atom stereocenters. The predicted molar refractivity (Wildman–Crippen MR) is 80.3 cm³/mol. The summed E-state index contributed by atoms with van der Waals surface area (Å²) < 4.78 is 13.5. The lowest BCUT2D eigenvalue weighted by Gasteiger charge is -2.34. The third-order valence-electron chi connectivity index (χ3n) is 3.65. The van der Waals surface area contributed by atoms with Gasteiger partial charge >= 0.3 is 0 Å². The number of anilines is 1. The Morgan fingerprint density at radius 1 is 1.15 bits per heavy atom. The zero-order chi connectivity index (χ0) is 14.6. The summed E-state index contributed by atoms with van der Waals surface area (Å²) in [4.78, 5) is 0. The van der Waals surface area contributed by atoms with Crippen molar-refractivity contribution in [2.24, 2.45) is 0 Å². The minimum atomic E-state index is -0.671. The van der Waals surface area contributed by atoms with E-state index in [1.165, 1.54) is 12.1 Å². The van der Waals surface area contributed by atoms with Gasteiger partial charge in [-0.2, -0.15) is 0 Å². The van der Waals surface area contributed by atoms with Gasteiger partial charge in [-0.1, -0.05) is 31.2 Å². The first-order chi connectivity index (χ1) is 9.59. The summed E-state index contributed by atoms with van der Waals surface area (Å²) >= 11 is 0. The largest absolute Gasteiger partial charge is 0.394 e. The SMILES string of the molecule is CCC(CO)(Nc1cccc(C)c1)c1cccc(F)c1. The number of nitrogens with one attached hydrogen (secondary N) is 1. The van der Waals surface area contributed by atoms with E-state index in [-0.39, 0.29) is 12.4 Å². The van der Waals surface area contributed by atoms with Gasteiger partial charge in [-0.25, -0.2) is 4.39 Å².